The van der Waals surface area contributed by atoms with Gasteiger partial charge in [0.2, 0.25) is 15.9 Å². The average Bonchev–Trinajstić information content (AvgIpc) is 3.33. The van der Waals surface area contributed by atoms with Gasteiger partial charge < -0.3 is 4.90 Å². The molecule has 5 nitrogen and oxygen atoms in total. The van der Waals surface area contributed by atoms with Gasteiger partial charge in [0.15, 0.2) is 0 Å². The number of amides is 1. The first-order valence-electron chi connectivity index (χ1n) is 9.69. The summed E-state index contributed by atoms with van der Waals surface area (Å²) in [7, 11) is -3.17. The summed E-state index contributed by atoms with van der Waals surface area (Å²) in [6, 6.07) is 17.6. The molecule has 2 saturated heterocycles. The lowest BCUT2D eigenvalue weighted by atomic mass is 10.0. The van der Waals surface area contributed by atoms with Crippen LogP contribution in [-0.4, -0.2) is 38.1 Å². The molecule has 1 atom stereocenters. The van der Waals surface area contributed by atoms with Gasteiger partial charge in [0.05, 0.1) is 17.5 Å². The first-order valence-corrected chi connectivity index (χ1v) is 11.3. The van der Waals surface area contributed by atoms with Crippen molar-refractivity contribution >= 4 is 27.7 Å². The van der Waals surface area contributed by atoms with Crippen molar-refractivity contribution in [2.45, 2.75) is 25.3 Å². The van der Waals surface area contributed by atoms with Crippen LogP contribution in [0.2, 0.25) is 0 Å². The molecule has 28 heavy (non-hydrogen) atoms. The van der Waals surface area contributed by atoms with E-state index in [0.717, 1.165) is 24.9 Å². The molecule has 2 fully saturated rings. The Balaban J connectivity index is 1.44. The zero-order chi connectivity index (χ0) is 19.6. The van der Waals surface area contributed by atoms with Gasteiger partial charge >= 0.3 is 0 Å². The fourth-order valence-electron chi connectivity index (χ4n) is 4.00. The summed E-state index contributed by atoms with van der Waals surface area (Å²) in [5.41, 5.74) is 2.74. The molecule has 2 aromatic carbocycles. The van der Waals surface area contributed by atoms with Crippen LogP contribution in [0.3, 0.4) is 0 Å². The van der Waals surface area contributed by atoms with Gasteiger partial charge in [-0.2, -0.15) is 0 Å². The van der Waals surface area contributed by atoms with Crippen LogP contribution in [0.4, 0.5) is 5.69 Å². The number of hydrogen-bond acceptors (Lipinski definition) is 3. The quantitative estimate of drug-likeness (QED) is 0.742. The van der Waals surface area contributed by atoms with E-state index in [9.17, 15) is 13.2 Å². The Kier molecular flexibility index (Phi) is 5.22. The highest BCUT2D eigenvalue weighted by atomic mass is 32.2. The third kappa shape index (κ3) is 3.83. The highest BCUT2D eigenvalue weighted by Crippen LogP contribution is 2.32. The van der Waals surface area contributed by atoms with Crippen molar-refractivity contribution in [2.75, 3.05) is 23.1 Å². The summed E-state index contributed by atoms with van der Waals surface area (Å²) in [5.74, 6) is 0.222. The molecule has 146 valence electrons. The monoisotopic (exact) mass is 396 g/mol. The van der Waals surface area contributed by atoms with Crippen molar-refractivity contribution in [1.82, 2.24) is 4.90 Å². The Morgan fingerprint density at radius 1 is 0.964 bits per heavy atom. The molecule has 2 heterocycles. The number of nitrogens with zero attached hydrogens (tertiary/aromatic N) is 2. The lowest BCUT2D eigenvalue weighted by Gasteiger charge is -2.23. The third-order valence-corrected chi connectivity index (χ3v) is 7.29. The SMILES string of the molecule is O=C(/C=C/c1ccc(N2CCCS2(=O)=O)cc1)N1CCCC1c1ccccc1. The Bertz CT molecular complexity index is 969. The van der Waals surface area contributed by atoms with Crippen LogP contribution in [0.1, 0.15) is 36.4 Å². The van der Waals surface area contributed by atoms with Gasteiger partial charge in [-0.25, -0.2) is 8.42 Å². The summed E-state index contributed by atoms with van der Waals surface area (Å²) < 4.78 is 25.5. The zero-order valence-corrected chi connectivity index (χ0v) is 16.5. The number of benzene rings is 2. The first kappa shape index (κ1) is 18.7. The highest BCUT2D eigenvalue weighted by Gasteiger charge is 2.29. The molecule has 0 bridgehead atoms. The second-order valence-corrected chi connectivity index (χ2v) is 9.28. The Hall–Kier alpha value is -2.60. The van der Waals surface area contributed by atoms with E-state index in [1.807, 2.05) is 35.2 Å². The fraction of sp³-hybridized carbons (Fsp3) is 0.318. The summed E-state index contributed by atoms with van der Waals surface area (Å²) in [5, 5.41) is 0. The van der Waals surface area contributed by atoms with Gasteiger partial charge in [-0.15, -0.1) is 0 Å². The number of carbonyl (C=O) groups is 1. The Morgan fingerprint density at radius 3 is 2.39 bits per heavy atom. The normalized spacial score (nSPS) is 21.5. The third-order valence-electron chi connectivity index (χ3n) is 5.42. The van der Waals surface area contributed by atoms with Crippen molar-refractivity contribution < 1.29 is 13.2 Å². The minimum Gasteiger partial charge on any atom is -0.332 e. The molecule has 0 aliphatic carbocycles. The largest absolute Gasteiger partial charge is 0.332 e. The van der Waals surface area contributed by atoms with Gasteiger partial charge in [0, 0.05) is 19.2 Å². The smallest absolute Gasteiger partial charge is 0.247 e. The first-order chi connectivity index (χ1) is 13.5. The van der Waals surface area contributed by atoms with Gasteiger partial charge in [0.1, 0.15) is 0 Å². The minimum atomic E-state index is -3.17. The van der Waals surface area contributed by atoms with Crippen LogP contribution in [-0.2, 0) is 14.8 Å². The van der Waals surface area contributed by atoms with Gasteiger partial charge in [0.25, 0.3) is 0 Å². The number of likely N-dealkylation sites (tertiary alicyclic amines) is 1. The maximum atomic E-state index is 12.7. The van der Waals surface area contributed by atoms with E-state index in [1.54, 1.807) is 24.3 Å². The Labute approximate surface area is 166 Å². The van der Waals surface area contributed by atoms with Gasteiger partial charge in [-0.05, 0) is 48.6 Å². The lowest BCUT2D eigenvalue weighted by molar-refractivity contribution is -0.126. The second-order valence-electron chi connectivity index (χ2n) is 7.27. The molecule has 2 aliphatic rings. The van der Waals surface area contributed by atoms with E-state index in [4.69, 9.17) is 0 Å². The predicted octanol–water partition coefficient (Wildman–Crippen LogP) is 3.60. The molecule has 0 spiro atoms. The maximum absolute atomic E-state index is 12.7. The van der Waals surface area contributed by atoms with Crippen molar-refractivity contribution in [1.29, 1.82) is 0 Å². The highest BCUT2D eigenvalue weighted by molar-refractivity contribution is 7.93. The van der Waals surface area contributed by atoms with E-state index in [1.165, 1.54) is 9.87 Å². The molecule has 0 saturated carbocycles. The molecule has 2 aromatic rings. The fourth-order valence-corrected chi connectivity index (χ4v) is 5.56. The minimum absolute atomic E-state index is 0.0116. The van der Waals surface area contributed by atoms with E-state index >= 15 is 0 Å². The Morgan fingerprint density at radius 2 is 1.71 bits per heavy atom. The van der Waals surface area contributed by atoms with Gasteiger partial charge in [-0.3, -0.25) is 9.10 Å². The average molecular weight is 397 g/mol. The molecule has 2 aliphatic heterocycles. The molecular formula is C22H24N2O3S. The standard InChI is InChI=1S/C22H24N2O3S/c25-22(23-15-4-8-21(23)19-6-2-1-3-7-19)14-11-18-9-12-20(13-10-18)24-16-5-17-28(24,26)27/h1-3,6-7,9-14,21H,4-5,8,15-17H2/b14-11+. The van der Waals surface area contributed by atoms with Crippen molar-refractivity contribution in [3.05, 3.63) is 71.8 Å². The van der Waals surface area contributed by atoms with Crippen molar-refractivity contribution in [2.24, 2.45) is 0 Å². The van der Waals surface area contributed by atoms with Crippen LogP contribution in [0, 0.1) is 0 Å². The van der Waals surface area contributed by atoms with E-state index in [-0.39, 0.29) is 17.7 Å². The number of hydrogen-bond donors (Lipinski definition) is 0. The summed E-state index contributed by atoms with van der Waals surface area (Å²) in [6.45, 7) is 1.31. The molecule has 6 heteroatoms. The number of anilines is 1. The topological polar surface area (TPSA) is 57.7 Å². The van der Waals surface area contributed by atoms with Gasteiger partial charge in [-0.1, -0.05) is 42.5 Å². The maximum Gasteiger partial charge on any atom is 0.247 e. The van der Waals surface area contributed by atoms with Crippen molar-refractivity contribution in [3.63, 3.8) is 0 Å². The predicted molar refractivity (Wildman–Crippen MR) is 111 cm³/mol. The second kappa shape index (κ2) is 7.80. The number of rotatable bonds is 4. The van der Waals surface area contributed by atoms with E-state index in [2.05, 4.69) is 12.1 Å². The molecule has 1 amide bonds. The number of sulfonamides is 1. The van der Waals surface area contributed by atoms with Crippen LogP contribution in [0.15, 0.2) is 60.7 Å². The van der Waals surface area contributed by atoms with E-state index in [0.29, 0.717) is 18.7 Å². The van der Waals surface area contributed by atoms with Crippen LogP contribution < -0.4 is 4.31 Å². The lowest BCUT2D eigenvalue weighted by Crippen LogP contribution is -2.28. The van der Waals surface area contributed by atoms with Crippen LogP contribution in [0.5, 0.6) is 0 Å². The zero-order valence-electron chi connectivity index (χ0n) is 15.7. The molecule has 0 aromatic heterocycles. The van der Waals surface area contributed by atoms with Crippen LogP contribution in [0.25, 0.3) is 6.08 Å². The molecule has 4 rings (SSSR count). The van der Waals surface area contributed by atoms with E-state index < -0.39 is 10.0 Å². The summed E-state index contributed by atoms with van der Waals surface area (Å²) in [6.07, 6.45) is 6.07. The summed E-state index contributed by atoms with van der Waals surface area (Å²) in [4.78, 5) is 14.6. The molecule has 0 N–H and O–H groups in total. The number of carbonyl (C=O) groups excluding carboxylic acids is 1. The van der Waals surface area contributed by atoms with Crippen molar-refractivity contribution in [3.8, 4) is 0 Å². The summed E-state index contributed by atoms with van der Waals surface area (Å²) >= 11 is 0. The van der Waals surface area contributed by atoms with Crippen LogP contribution >= 0.6 is 0 Å². The molecule has 0 radical (unpaired) electrons. The molecule has 1 unspecified atom stereocenters. The molecular weight excluding hydrogens is 372 g/mol.